The van der Waals surface area contributed by atoms with Gasteiger partial charge in [-0.05, 0) is 37.1 Å². The first-order valence-corrected chi connectivity index (χ1v) is 13.0. The average molecular weight is 523 g/mol. The molecular formula is C28H34N4O6. The van der Waals surface area contributed by atoms with Gasteiger partial charge in [-0.1, -0.05) is 24.3 Å². The summed E-state index contributed by atoms with van der Waals surface area (Å²) < 4.78 is 10.6. The van der Waals surface area contributed by atoms with E-state index in [1.807, 2.05) is 0 Å². The van der Waals surface area contributed by atoms with Gasteiger partial charge in [-0.3, -0.25) is 19.2 Å². The second kappa shape index (κ2) is 13.7. The van der Waals surface area contributed by atoms with E-state index in [-0.39, 0.29) is 36.5 Å². The maximum Gasteiger partial charge on any atom is 0.256 e. The molecule has 2 fully saturated rings. The minimum Gasteiger partial charge on any atom is -0.378 e. The zero-order valence-corrected chi connectivity index (χ0v) is 21.4. The van der Waals surface area contributed by atoms with Crippen molar-refractivity contribution in [2.75, 3.05) is 63.2 Å². The number of hydrogen-bond donors (Lipinski definition) is 2. The number of carbonyl (C=O) groups is 4. The van der Waals surface area contributed by atoms with Crippen LogP contribution in [-0.4, -0.2) is 86.0 Å². The lowest BCUT2D eigenvalue weighted by Crippen LogP contribution is -2.41. The third-order valence-electron chi connectivity index (χ3n) is 6.52. The Hall–Kier alpha value is -3.76. The number of carbonyl (C=O) groups excluding carboxylic acids is 4. The van der Waals surface area contributed by atoms with Gasteiger partial charge >= 0.3 is 0 Å². The maximum atomic E-state index is 12.9. The van der Waals surface area contributed by atoms with Crippen molar-refractivity contribution in [3.05, 3.63) is 59.7 Å². The molecule has 202 valence electrons. The lowest BCUT2D eigenvalue weighted by atomic mass is 10.1. The molecule has 0 aromatic heterocycles. The van der Waals surface area contributed by atoms with Crippen molar-refractivity contribution in [2.45, 2.75) is 25.7 Å². The Balaban J connectivity index is 1.23. The number of para-hydroxylation sites is 2. The van der Waals surface area contributed by atoms with E-state index in [1.54, 1.807) is 58.3 Å². The molecule has 2 aliphatic heterocycles. The van der Waals surface area contributed by atoms with E-state index in [2.05, 4.69) is 10.6 Å². The maximum absolute atomic E-state index is 12.9. The summed E-state index contributed by atoms with van der Waals surface area (Å²) in [5, 5.41) is 5.68. The van der Waals surface area contributed by atoms with Crippen LogP contribution in [0.4, 0.5) is 11.4 Å². The molecule has 4 amide bonds. The first-order valence-electron chi connectivity index (χ1n) is 13.0. The fourth-order valence-corrected chi connectivity index (χ4v) is 4.43. The summed E-state index contributed by atoms with van der Waals surface area (Å²) in [7, 11) is 0. The third kappa shape index (κ3) is 7.39. The molecule has 38 heavy (non-hydrogen) atoms. The molecule has 2 heterocycles. The highest BCUT2D eigenvalue weighted by Crippen LogP contribution is 2.20. The number of morpholine rings is 2. The van der Waals surface area contributed by atoms with Crippen molar-refractivity contribution in [1.82, 2.24) is 9.80 Å². The molecule has 2 aromatic rings. The van der Waals surface area contributed by atoms with Crippen LogP contribution in [0.5, 0.6) is 0 Å². The number of rotatable bonds is 9. The summed E-state index contributed by atoms with van der Waals surface area (Å²) in [5.41, 5.74) is 1.86. The molecule has 10 heteroatoms. The van der Waals surface area contributed by atoms with Crippen molar-refractivity contribution in [3.63, 3.8) is 0 Å². The van der Waals surface area contributed by atoms with Gasteiger partial charge in [0.1, 0.15) is 0 Å². The Morgan fingerprint density at radius 3 is 1.37 bits per heavy atom. The van der Waals surface area contributed by atoms with Gasteiger partial charge in [0.25, 0.3) is 11.8 Å². The zero-order chi connectivity index (χ0) is 26.7. The summed E-state index contributed by atoms with van der Waals surface area (Å²) in [6.45, 7) is 4.11. The van der Waals surface area contributed by atoms with Gasteiger partial charge in [-0.2, -0.15) is 0 Å². The zero-order valence-electron chi connectivity index (χ0n) is 21.4. The van der Waals surface area contributed by atoms with Crippen molar-refractivity contribution in [2.24, 2.45) is 0 Å². The lowest BCUT2D eigenvalue weighted by Gasteiger charge is -2.27. The first kappa shape index (κ1) is 27.3. The Labute approximate surface area is 222 Å². The standard InChI is InChI=1S/C28H34N4O6/c33-25(29-23-9-3-1-7-21(23)27(35)31-13-17-37-18-14-31)11-5-6-12-26(34)30-24-10-4-2-8-22(24)28(36)32-15-19-38-20-16-32/h1-4,7-10H,5-6,11-20H2,(H,29,33)(H,30,34). The third-order valence-corrected chi connectivity index (χ3v) is 6.52. The number of benzene rings is 2. The van der Waals surface area contributed by atoms with Crippen molar-refractivity contribution in [1.29, 1.82) is 0 Å². The molecule has 0 aliphatic carbocycles. The fourth-order valence-electron chi connectivity index (χ4n) is 4.43. The number of nitrogens with one attached hydrogen (secondary N) is 2. The van der Waals surface area contributed by atoms with E-state index in [1.165, 1.54) is 0 Å². The molecular weight excluding hydrogens is 488 g/mol. The van der Waals surface area contributed by atoms with Crippen LogP contribution in [0.15, 0.2) is 48.5 Å². The summed E-state index contributed by atoms with van der Waals surface area (Å²) in [6, 6.07) is 13.9. The van der Waals surface area contributed by atoms with Crippen LogP contribution in [0.2, 0.25) is 0 Å². The molecule has 2 aliphatic rings. The van der Waals surface area contributed by atoms with Crippen LogP contribution >= 0.6 is 0 Å². The van der Waals surface area contributed by atoms with Gasteiger partial charge in [0.15, 0.2) is 0 Å². The topological polar surface area (TPSA) is 117 Å². The molecule has 0 radical (unpaired) electrons. The number of amides is 4. The van der Waals surface area contributed by atoms with Crippen LogP contribution in [0.1, 0.15) is 46.4 Å². The fraction of sp³-hybridized carbons (Fsp3) is 0.429. The highest BCUT2D eigenvalue weighted by Gasteiger charge is 2.23. The van der Waals surface area contributed by atoms with Gasteiger partial charge in [0, 0.05) is 39.0 Å². The number of unbranched alkanes of at least 4 members (excludes halogenated alkanes) is 1. The van der Waals surface area contributed by atoms with E-state index in [0.717, 1.165) is 0 Å². The molecule has 0 unspecified atom stereocenters. The van der Waals surface area contributed by atoms with E-state index < -0.39 is 0 Å². The van der Waals surface area contributed by atoms with E-state index >= 15 is 0 Å². The largest absolute Gasteiger partial charge is 0.378 e. The molecule has 0 bridgehead atoms. The monoisotopic (exact) mass is 522 g/mol. The molecule has 2 aromatic carbocycles. The van der Waals surface area contributed by atoms with Gasteiger partial charge in [-0.25, -0.2) is 0 Å². The van der Waals surface area contributed by atoms with Crippen molar-refractivity contribution < 1.29 is 28.7 Å². The van der Waals surface area contributed by atoms with Crippen LogP contribution in [0, 0.1) is 0 Å². The highest BCUT2D eigenvalue weighted by molar-refractivity contribution is 6.04. The molecule has 2 saturated heterocycles. The summed E-state index contributed by atoms with van der Waals surface area (Å²) in [6.07, 6.45) is 1.46. The number of ether oxygens (including phenoxy) is 2. The lowest BCUT2D eigenvalue weighted by molar-refractivity contribution is -0.118. The minimum atomic E-state index is -0.214. The number of anilines is 2. The summed E-state index contributed by atoms with van der Waals surface area (Å²) in [5.74, 6) is -0.690. The van der Waals surface area contributed by atoms with Crippen LogP contribution < -0.4 is 10.6 Å². The summed E-state index contributed by atoms with van der Waals surface area (Å²) >= 11 is 0. The molecule has 4 rings (SSSR count). The normalized spacial score (nSPS) is 15.6. The second-order valence-corrected chi connectivity index (χ2v) is 9.20. The molecule has 2 N–H and O–H groups in total. The first-order chi connectivity index (χ1) is 18.5. The van der Waals surface area contributed by atoms with E-state index in [9.17, 15) is 19.2 Å². The Morgan fingerprint density at radius 1 is 0.605 bits per heavy atom. The molecule has 0 saturated carbocycles. The van der Waals surface area contributed by atoms with E-state index in [0.29, 0.717) is 87.9 Å². The van der Waals surface area contributed by atoms with Crippen molar-refractivity contribution >= 4 is 35.0 Å². The van der Waals surface area contributed by atoms with Gasteiger partial charge < -0.3 is 29.9 Å². The van der Waals surface area contributed by atoms with E-state index in [4.69, 9.17) is 9.47 Å². The smallest absolute Gasteiger partial charge is 0.256 e. The second-order valence-electron chi connectivity index (χ2n) is 9.20. The Bertz CT molecular complexity index is 1050. The Kier molecular flexibility index (Phi) is 9.83. The number of nitrogens with zero attached hydrogens (tertiary/aromatic N) is 2. The van der Waals surface area contributed by atoms with Gasteiger partial charge in [-0.15, -0.1) is 0 Å². The predicted octanol–water partition coefficient (Wildman–Crippen LogP) is 2.77. The van der Waals surface area contributed by atoms with Gasteiger partial charge in [0.2, 0.25) is 11.8 Å². The highest BCUT2D eigenvalue weighted by atomic mass is 16.5. The Morgan fingerprint density at radius 2 is 0.974 bits per heavy atom. The SMILES string of the molecule is O=C(CCCCC(=O)Nc1ccccc1C(=O)N1CCOCC1)Nc1ccccc1C(=O)N1CCOCC1. The molecule has 10 nitrogen and oxygen atoms in total. The predicted molar refractivity (Wildman–Crippen MR) is 142 cm³/mol. The molecule has 0 spiro atoms. The van der Waals surface area contributed by atoms with Gasteiger partial charge in [0.05, 0.1) is 48.9 Å². The van der Waals surface area contributed by atoms with Crippen LogP contribution in [-0.2, 0) is 19.1 Å². The minimum absolute atomic E-state index is 0.131. The van der Waals surface area contributed by atoms with Crippen molar-refractivity contribution in [3.8, 4) is 0 Å². The number of hydrogen-bond acceptors (Lipinski definition) is 6. The average Bonchev–Trinajstić information content (AvgIpc) is 2.96. The van der Waals surface area contributed by atoms with Crippen LogP contribution in [0.3, 0.4) is 0 Å². The summed E-state index contributed by atoms with van der Waals surface area (Å²) in [4.78, 5) is 54.3. The molecule has 0 atom stereocenters. The van der Waals surface area contributed by atoms with Crippen LogP contribution in [0.25, 0.3) is 0 Å². The quantitative estimate of drug-likeness (QED) is 0.489.